The Morgan fingerprint density at radius 2 is 2.20 bits per heavy atom. The van der Waals surface area contributed by atoms with Crippen molar-refractivity contribution in [2.24, 2.45) is 0 Å². The Hall–Kier alpha value is -3.09. The number of ether oxygens (including phenoxy) is 1. The molecule has 3 amide bonds. The van der Waals surface area contributed by atoms with Gasteiger partial charge in [0.2, 0.25) is 5.91 Å². The van der Waals surface area contributed by atoms with Crippen LogP contribution in [-0.2, 0) is 11.3 Å². The number of aromatic nitrogens is 1. The fourth-order valence-electron chi connectivity index (χ4n) is 2.74. The molecule has 2 N–H and O–H groups in total. The number of nitrogens with zero attached hydrogens (tertiary/aromatic N) is 2. The Bertz CT molecular complexity index is 751. The summed E-state index contributed by atoms with van der Waals surface area (Å²) in [5.74, 6) is 0.665. The van der Waals surface area contributed by atoms with Gasteiger partial charge in [-0.05, 0) is 24.3 Å². The van der Waals surface area contributed by atoms with Gasteiger partial charge in [0.15, 0.2) is 0 Å². The summed E-state index contributed by atoms with van der Waals surface area (Å²) in [5.41, 5.74) is 1.54. The van der Waals surface area contributed by atoms with E-state index >= 15 is 0 Å². The number of pyridine rings is 1. The second kappa shape index (κ2) is 7.65. The van der Waals surface area contributed by atoms with Crippen LogP contribution < -0.4 is 20.3 Å². The average Bonchev–Trinajstić information content (AvgIpc) is 3.01. The Labute approximate surface area is 146 Å². The Balaban J connectivity index is 1.54. The van der Waals surface area contributed by atoms with Crippen LogP contribution in [0.2, 0.25) is 0 Å². The minimum Gasteiger partial charge on any atom is -0.497 e. The zero-order chi connectivity index (χ0) is 17.6. The van der Waals surface area contributed by atoms with E-state index in [1.54, 1.807) is 24.3 Å². The Morgan fingerprint density at radius 3 is 2.96 bits per heavy atom. The Morgan fingerprint density at radius 1 is 1.32 bits per heavy atom. The minimum atomic E-state index is -0.309. The standard InChI is InChI=1S/C18H20N4O3/c1-25-16-7-4-6-15(10-16)22-12-14(9-17(22)23)21-18(24)20-11-13-5-2-3-8-19-13/h2-8,10,14H,9,11-12H2,1H3,(H2,20,21,24)/t14-/m0/s1. The van der Waals surface area contributed by atoms with Crippen molar-refractivity contribution in [1.82, 2.24) is 15.6 Å². The quantitative estimate of drug-likeness (QED) is 0.868. The fourth-order valence-corrected chi connectivity index (χ4v) is 2.74. The largest absolute Gasteiger partial charge is 0.497 e. The lowest BCUT2D eigenvalue weighted by Gasteiger charge is -2.18. The van der Waals surface area contributed by atoms with E-state index in [4.69, 9.17) is 4.74 Å². The molecule has 0 saturated carbocycles. The molecule has 1 aliphatic rings. The number of anilines is 1. The first-order valence-corrected chi connectivity index (χ1v) is 8.04. The summed E-state index contributed by atoms with van der Waals surface area (Å²) in [6.45, 7) is 0.774. The minimum absolute atomic E-state index is 0.0247. The molecule has 2 heterocycles. The van der Waals surface area contributed by atoms with Gasteiger partial charge in [-0.25, -0.2) is 4.79 Å². The van der Waals surface area contributed by atoms with Crippen LogP contribution >= 0.6 is 0 Å². The summed E-state index contributed by atoms with van der Waals surface area (Å²) in [4.78, 5) is 30.1. The first-order chi connectivity index (χ1) is 12.2. The maximum atomic E-state index is 12.2. The molecule has 1 aromatic heterocycles. The molecule has 2 aromatic rings. The molecule has 0 aliphatic carbocycles. The molecule has 25 heavy (non-hydrogen) atoms. The molecule has 7 heteroatoms. The van der Waals surface area contributed by atoms with Crippen LogP contribution in [0.1, 0.15) is 12.1 Å². The lowest BCUT2D eigenvalue weighted by atomic mass is 10.2. The molecule has 130 valence electrons. The van der Waals surface area contributed by atoms with Crippen LogP contribution in [0.4, 0.5) is 10.5 Å². The summed E-state index contributed by atoms with van der Waals surface area (Å²) < 4.78 is 5.19. The smallest absolute Gasteiger partial charge is 0.315 e. The zero-order valence-electron chi connectivity index (χ0n) is 13.9. The predicted octanol–water partition coefficient (Wildman–Crippen LogP) is 1.69. The summed E-state index contributed by atoms with van der Waals surface area (Å²) in [6.07, 6.45) is 1.95. The number of rotatable bonds is 5. The highest BCUT2D eigenvalue weighted by Gasteiger charge is 2.31. The number of carbonyl (C=O) groups is 2. The third-order valence-corrected chi connectivity index (χ3v) is 3.98. The molecule has 0 radical (unpaired) electrons. The molecule has 0 unspecified atom stereocenters. The maximum Gasteiger partial charge on any atom is 0.315 e. The van der Waals surface area contributed by atoms with Crippen molar-refractivity contribution in [1.29, 1.82) is 0 Å². The highest BCUT2D eigenvalue weighted by molar-refractivity contribution is 5.97. The molecule has 1 atom stereocenters. The van der Waals surface area contributed by atoms with Gasteiger partial charge in [-0.3, -0.25) is 9.78 Å². The second-order valence-corrected chi connectivity index (χ2v) is 5.75. The van der Waals surface area contributed by atoms with Crippen LogP contribution in [0.25, 0.3) is 0 Å². The number of benzene rings is 1. The first-order valence-electron chi connectivity index (χ1n) is 8.04. The van der Waals surface area contributed by atoms with Gasteiger partial charge in [-0.1, -0.05) is 12.1 Å². The number of amides is 3. The Kier molecular flexibility index (Phi) is 5.13. The van der Waals surface area contributed by atoms with Crippen LogP contribution in [0, 0.1) is 0 Å². The van der Waals surface area contributed by atoms with Crippen LogP contribution in [-0.4, -0.2) is 36.6 Å². The van der Waals surface area contributed by atoms with E-state index in [1.807, 2.05) is 36.4 Å². The third kappa shape index (κ3) is 4.26. The van der Waals surface area contributed by atoms with Crippen molar-refractivity contribution in [2.75, 3.05) is 18.6 Å². The van der Waals surface area contributed by atoms with E-state index < -0.39 is 0 Å². The number of hydrogen-bond acceptors (Lipinski definition) is 4. The fraction of sp³-hybridized carbons (Fsp3) is 0.278. The van der Waals surface area contributed by atoms with E-state index in [0.717, 1.165) is 11.4 Å². The lowest BCUT2D eigenvalue weighted by molar-refractivity contribution is -0.117. The van der Waals surface area contributed by atoms with Gasteiger partial charge >= 0.3 is 6.03 Å². The van der Waals surface area contributed by atoms with Gasteiger partial charge in [0, 0.05) is 30.9 Å². The highest BCUT2D eigenvalue weighted by Crippen LogP contribution is 2.25. The number of methoxy groups -OCH3 is 1. The van der Waals surface area contributed by atoms with Gasteiger partial charge in [-0.15, -0.1) is 0 Å². The zero-order valence-corrected chi connectivity index (χ0v) is 13.9. The molecule has 1 aliphatic heterocycles. The molecule has 1 saturated heterocycles. The van der Waals surface area contributed by atoms with E-state index in [1.165, 1.54) is 0 Å². The van der Waals surface area contributed by atoms with Gasteiger partial charge < -0.3 is 20.3 Å². The molecule has 0 spiro atoms. The third-order valence-electron chi connectivity index (χ3n) is 3.98. The molecule has 1 fully saturated rings. The second-order valence-electron chi connectivity index (χ2n) is 5.75. The topological polar surface area (TPSA) is 83.6 Å². The lowest BCUT2D eigenvalue weighted by Crippen LogP contribution is -2.43. The van der Waals surface area contributed by atoms with E-state index in [9.17, 15) is 9.59 Å². The molecule has 1 aromatic carbocycles. The number of nitrogens with one attached hydrogen (secondary N) is 2. The van der Waals surface area contributed by atoms with Gasteiger partial charge in [0.05, 0.1) is 25.4 Å². The van der Waals surface area contributed by atoms with Crippen molar-refractivity contribution in [2.45, 2.75) is 19.0 Å². The number of urea groups is 1. The van der Waals surface area contributed by atoms with E-state index in [0.29, 0.717) is 18.8 Å². The van der Waals surface area contributed by atoms with Crippen LogP contribution in [0.15, 0.2) is 48.7 Å². The van der Waals surface area contributed by atoms with E-state index in [2.05, 4.69) is 15.6 Å². The summed E-state index contributed by atoms with van der Waals surface area (Å²) in [6, 6.07) is 12.3. The summed E-state index contributed by atoms with van der Waals surface area (Å²) >= 11 is 0. The van der Waals surface area contributed by atoms with Gasteiger partial charge in [0.1, 0.15) is 5.75 Å². The monoisotopic (exact) mass is 340 g/mol. The molecular formula is C18H20N4O3. The van der Waals surface area contributed by atoms with E-state index in [-0.39, 0.29) is 24.4 Å². The van der Waals surface area contributed by atoms with Crippen molar-refractivity contribution in [3.63, 3.8) is 0 Å². The van der Waals surface area contributed by atoms with Crippen molar-refractivity contribution < 1.29 is 14.3 Å². The molecule has 7 nitrogen and oxygen atoms in total. The molecule has 3 rings (SSSR count). The maximum absolute atomic E-state index is 12.2. The molecule has 0 bridgehead atoms. The first kappa shape index (κ1) is 16.8. The highest BCUT2D eigenvalue weighted by atomic mass is 16.5. The summed E-state index contributed by atoms with van der Waals surface area (Å²) in [5, 5.41) is 5.59. The number of hydrogen-bond donors (Lipinski definition) is 2. The van der Waals surface area contributed by atoms with Crippen LogP contribution in [0.5, 0.6) is 5.75 Å². The SMILES string of the molecule is COc1cccc(N2C[C@@H](NC(=O)NCc3ccccn3)CC2=O)c1. The van der Waals surface area contributed by atoms with Crippen molar-refractivity contribution in [3.8, 4) is 5.75 Å². The summed E-state index contributed by atoms with van der Waals surface area (Å²) in [7, 11) is 1.58. The normalized spacial score (nSPS) is 16.6. The van der Waals surface area contributed by atoms with Gasteiger partial charge in [-0.2, -0.15) is 0 Å². The van der Waals surface area contributed by atoms with Gasteiger partial charge in [0.25, 0.3) is 0 Å². The predicted molar refractivity (Wildman–Crippen MR) is 93.4 cm³/mol. The average molecular weight is 340 g/mol. The van der Waals surface area contributed by atoms with Crippen molar-refractivity contribution >= 4 is 17.6 Å². The molecular weight excluding hydrogens is 320 g/mol. The van der Waals surface area contributed by atoms with Crippen LogP contribution in [0.3, 0.4) is 0 Å². The van der Waals surface area contributed by atoms with Crippen molar-refractivity contribution in [3.05, 3.63) is 54.4 Å². The number of carbonyl (C=O) groups excluding carboxylic acids is 2.